The second-order valence-corrected chi connectivity index (χ2v) is 11.2. The fraction of sp³-hybridized carbons (Fsp3) is 0.583. The normalized spacial score (nSPS) is 26.0. The zero-order valence-corrected chi connectivity index (χ0v) is 19.7. The van der Waals surface area contributed by atoms with Crippen molar-refractivity contribution in [2.45, 2.75) is 68.6 Å². The number of nitrogens with zero attached hydrogens (tertiary/aromatic N) is 1. The lowest BCUT2D eigenvalue weighted by Crippen LogP contribution is -2.37. The number of benzene rings is 1. The molecule has 33 heavy (non-hydrogen) atoms. The van der Waals surface area contributed by atoms with Crippen molar-refractivity contribution in [3.05, 3.63) is 36.9 Å². The van der Waals surface area contributed by atoms with Crippen molar-refractivity contribution < 1.29 is 22.7 Å². The summed E-state index contributed by atoms with van der Waals surface area (Å²) in [5.41, 5.74) is 0.602. The summed E-state index contributed by atoms with van der Waals surface area (Å²) in [7, 11) is -3.66. The van der Waals surface area contributed by atoms with Gasteiger partial charge in [0.25, 0.3) is 0 Å². The molecule has 3 fully saturated rings. The molecule has 1 aromatic carbocycles. The van der Waals surface area contributed by atoms with Crippen molar-refractivity contribution in [3.63, 3.8) is 0 Å². The predicted molar refractivity (Wildman–Crippen MR) is 125 cm³/mol. The van der Waals surface area contributed by atoms with Crippen LogP contribution in [0.4, 0.5) is 5.69 Å². The lowest BCUT2D eigenvalue weighted by atomic mass is 9.86. The van der Waals surface area contributed by atoms with E-state index in [0.29, 0.717) is 31.0 Å². The van der Waals surface area contributed by atoms with E-state index in [1.165, 1.54) is 54.6 Å². The van der Waals surface area contributed by atoms with Gasteiger partial charge < -0.3 is 15.4 Å². The van der Waals surface area contributed by atoms with Crippen LogP contribution >= 0.6 is 0 Å². The van der Waals surface area contributed by atoms with Gasteiger partial charge in [-0.05, 0) is 49.1 Å². The van der Waals surface area contributed by atoms with E-state index in [4.69, 9.17) is 4.74 Å². The molecule has 0 aromatic heterocycles. The highest BCUT2D eigenvalue weighted by Gasteiger charge is 2.46. The SMILES string of the molecule is C=CC(=O)NC1CC2CN(S(=O)(=O)c3ccc(NC(=O)CCC4CCCCC4)cc3)CC2O1. The van der Waals surface area contributed by atoms with E-state index in [2.05, 4.69) is 17.2 Å². The maximum atomic E-state index is 13.1. The largest absolute Gasteiger partial charge is 0.354 e. The molecule has 0 bridgehead atoms. The van der Waals surface area contributed by atoms with E-state index < -0.39 is 16.3 Å². The van der Waals surface area contributed by atoms with E-state index in [0.717, 1.165) is 6.42 Å². The first-order chi connectivity index (χ1) is 15.8. The van der Waals surface area contributed by atoms with E-state index >= 15 is 0 Å². The minimum atomic E-state index is -3.66. The van der Waals surface area contributed by atoms with Crippen LogP contribution in [0.25, 0.3) is 0 Å². The van der Waals surface area contributed by atoms with Crippen molar-refractivity contribution in [2.75, 3.05) is 18.4 Å². The van der Waals surface area contributed by atoms with Crippen LogP contribution in [0.5, 0.6) is 0 Å². The fourth-order valence-electron chi connectivity index (χ4n) is 5.13. The third-order valence-electron chi connectivity index (χ3n) is 6.97. The van der Waals surface area contributed by atoms with Crippen LogP contribution in [0, 0.1) is 11.8 Å². The average Bonchev–Trinajstić information content (AvgIpc) is 3.38. The number of hydrogen-bond acceptors (Lipinski definition) is 5. The number of nitrogens with one attached hydrogen (secondary N) is 2. The summed E-state index contributed by atoms with van der Waals surface area (Å²) >= 11 is 0. The Hall–Kier alpha value is -2.23. The van der Waals surface area contributed by atoms with Crippen LogP contribution in [0.1, 0.15) is 51.4 Å². The Morgan fingerprint density at radius 2 is 1.85 bits per heavy atom. The average molecular weight is 476 g/mol. The number of fused-ring (bicyclic) bond motifs is 1. The van der Waals surface area contributed by atoms with E-state index in [1.54, 1.807) is 12.1 Å². The van der Waals surface area contributed by atoms with Gasteiger partial charge in [0.2, 0.25) is 21.8 Å². The van der Waals surface area contributed by atoms with Crippen LogP contribution in [0.3, 0.4) is 0 Å². The van der Waals surface area contributed by atoms with Crippen molar-refractivity contribution in [2.24, 2.45) is 11.8 Å². The minimum absolute atomic E-state index is 0.0289. The summed E-state index contributed by atoms with van der Waals surface area (Å²) in [4.78, 5) is 23.9. The number of carbonyl (C=O) groups excluding carboxylic acids is 2. The third-order valence-corrected chi connectivity index (χ3v) is 8.82. The van der Waals surface area contributed by atoms with Crippen LogP contribution in [-0.4, -0.2) is 50.0 Å². The lowest BCUT2D eigenvalue weighted by molar-refractivity contribution is -0.120. The number of sulfonamides is 1. The lowest BCUT2D eigenvalue weighted by Gasteiger charge is -2.21. The minimum Gasteiger partial charge on any atom is -0.354 e. The first-order valence-electron chi connectivity index (χ1n) is 11.8. The van der Waals surface area contributed by atoms with Gasteiger partial charge in [-0.3, -0.25) is 9.59 Å². The summed E-state index contributed by atoms with van der Waals surface area (Å²) in [5.74, 6) is 0.358. The number of rotatable bonds is 8. The molecule has 2 N–H and O–H groups in total. The predicted octanol–water partition coefficient (Wildman–Crippen LogP) is 3.02. The summed E-state index contributed by atoms with van der Waals surface area (Å²) in [5, 5.41) is 5.59. The summed E-state index contributed by atoms with van der Waals surface area (Å²) < 4.78 is 33.4. The van der Waals surface area contributed by atoms with Crippen molar-refractivity contribution in [3.8, 4) is 0 Å². The molecule has 0 spiro atoms. The zero-order chi connectivity index (χ0) is 23.4. The van der Waals surface area contributed by atoms with Crippen LogP contribution in [0.15, 0.2) is 41.8 Å². The first kappa shape index (κ1) is 23.9. The zero-order valence-electron chi connectivity index (χ0n) is 18.9. The molecule has 2 aliphatic heterocycles. The number of anilines is 1. The highest BCUT2D eigenvalue weighted by molar-refractivity contribution is 7.89. The van der Waals surface area contributed by atoms with Gasteiger partial charge in [-0.1, -0.05) is 38.7 Å². The van der Waals surface area contributed by atoms with Crippen molar-refractivity contribution in [1.82, 2.24) is 9.62 Å². The molecule has 1 aromatic rings. The molecule has 2 saturated heterocycles. The maximum absolute atomic E-state index is 13.1. The Labute approximate surface area is 195 Å². The Morgan fingerprint density at radius 3 is 2.52 bits per heavy atom. The molecular weight excluding hydrogens is 442 g/mol. The molecule has 3 aliphatic rings. The van der Waals surface area contributed by atoms with E-state index in [-0.39, 0.29) is 35.3 Å². The summed E-state index contributed by atoms with van der Waals surface area (Å²) in [6.07, 6.45) is 8.79. The Bertz CT molecular complexity index is 958. The van der Waals surface area contributed by atoms with Crippen molar-refractivity contribution in [1.29, 1.82) is 0 Å². The smallest absolute Gasteiger partial charge is 0.245 e. The molecule has 8 nitrogen and oxygen atoms in total. The van der Waals surface area contributed by atoms with Gasteiger partial charge in [0.15, 0.2) is 0 Å². The second-order valence-electron chi connectivity index (χ2n) is 9.31. The van der Waals surface area contributed by atoms with Gasteiger partial charge in [0, 0.05) is 31.1 Å². The molecule has 3 unspecified atom stereocenters. The van der Waals surface area contributed by atoms with Gasteiger partial charge in [-0.2, -0.15) is 4.31 Å². The highest BCUT2D eigenvalue weighted by Crippen LogP contribution is 2.35. The topological polar surface area (TPSA) is 105 Å². The van der Waals surface area contributed by atoms with Crippen molar-refractivity contribution >= 4 is 27.5 Å². The molecule has 2 heterocycles. The molecular formula is C24H33N3O5S. The molecule has 9 heteroatoms. The van der Waals surface area contributed by atoms with Gasteiger partial charge in [-0.15, -0.1) is 0 Å². The number of amides is 2. The Kier molecular flexibility index (Phi) is 7.51. The Morgan fingerprint density at radius 1 is 1.12 bits per heavy atom. The molecule has 2 amide bonds. The van der Waals surface area contributed by atoms with Crippen LogP contribution < -0.4 is 10.6 Å². The molecule has 4 rings (SSSR count). The number of hydrogen-bond donors (Lipinski definition) is 2. The van der Waals surface area contributed by atoms with Gasteiger partial charge in [0.1, 0.15) is 6.23 Å². The molecule has 180 valence electrons. The fourth-order valence-corrected chi connectivity index (χ4v) is 6.64. The standard InChI is InChI=1S/C24H33N3O5S/c1-2-22(28)26-24-14-18-15-27(16-21(18)32-24)33(30,31)20-11-9-19(10-12-20)25-23(29)13-8-17-6-4-3-5-7-17/h2,9-12,17-18,21,24H,1,3-8,13-16H2,(H,25,29)(H,26,28). The first-order valence-corrected chi connectivity index (χ1v) is 13.3. The van der Waals surface area contributed by atoms with Gasteiger partial charge >= 0.3 is 0 Å². The highest BCUT2D eigenvalue weighted by atomic mass is 32.2. The number of carbonyl (C=O) groups is 2. The number of ether oxygens (including phenoxy) is 1. The quantitative estimate of drug-likeness (QED) is 0.563. The van der Waals surface area contributed by atoms with Gasteiger partial charge in [0.05, 0.1) is 11.0 Å². The molecule has 3 atom stereocenters. The third kappa shape index (κ3) is 5.83. The second kappa shape index (κ2) is 10.4. The molecule has 1 saturated carbocycles. The summed E-state index contributed by atoms with van der Waals surface area (Å²) in [6, 6.07) is 6.35. The molecule has 0 radical (unpaired) electrons. The Balaban J connectivity index is 1.28. The maximum Gasteiger partial charge on any atom is 0.245 e. The van der Waals surface area contributed by atoms with Gasteiger partial charge in [-0.25, -0.2) is 8.42 Å². The van der Waals surface area contributed by atoms with E-state index in [9.17, 15) is 18.0 Å². The molecule has 1 aliphatic carbocycles. The van der Waals surface area contributed by atoms with E-state index in [1.807, 2.05) is 0 Å². The summed E-state index contributed by atoms with van der Waals surface area (Å²) in [6.45, 7) is 4.04. The monoisotopic (exact) mass is 475 g/mol. The van der Waals surface area contributed by atoms with Crippen LogP contribution in [0.2, 0.25) is 0 Å². The van der Waals surface area contributed by atoms with Crippen LogP contribution in [-0.2, 0) is 24.3 Å².